The van der Waals surface area contributed by atoms with E-state index in [0.29, 0.717) is 36.3 Å². The minimum absolute atomic E-state index is 0.390. The van der Waals surface area contributed by atoms with Gasteiger partial charge in [-0.25, -0.2) is 0 Å². The van der Waals surface area contributed by atoms with E-state index in [0.717, 1.165) is 12.1 Å². The summed E-state index contributed by atoms with van der Waals surface area (Å²) in [6, 6.07) is 3.77. The molecule has 0 amide bonds. The third-order valence-corrected chi connectivity index (χ3v) is 2.73. The van der Waals surface area contributed by atoms with Crippen molar-refractivity contribution in [3.8, 4) is 11.5 Å². The molecule has 0 aromatic heterocycles. The minimum atomic E-state index is 0.390. The van der Waals surface area contributed by atoms with E-state index in [1.807, 2.05) is 12.1 Å². The molecule has 0 spiro atoms. The molecule has 4 nitrogen and oxygen atoms in total. The summed E-state index contributed by atoms with van der Waals surface area (Å²) in [6.45, 7) is 6.15. The van der Waals surface area contributed by atoms with Gasteiger partial charge in [-0.3, -0.25) is 0 Å². The molecule has 1 rings (SSSR count). The fraction of sp³-hybridized carbons (Fsp3) is 0.429. The van der Waals surface area contributed by atoms with E-state index < -0.39 is 0 Å². The Balaban J connectivity index is 2.74. The monoisotopic (exact) mass is 285 g/mol. The van der Waals surface area contributed by atoms with Crippen LogP contribution in [0, 0.1) is 0 Å². The maximum atomic E-state index is 6.20. The molecule has 0 unspecified atom stereocenters. The van der Waals surface area contributed by atoms with E-state index in [2.05, 4.69) is 11.9 Å². The molecule has 0 radical (unpaired) electrons. The van der Waals surface area contributed by atoms with Gasteiger partial charge in [-0.1, -0.05) is 24.3 Å². The zero-order chi connectivity index (χ0) is 14.1. The van der Waals surface area contributed by atoms with E-state index in [4.69, 9.17) is 25.8 Å². The largest absolute Gasteiger partial charge is 0.493 e. The van der Waals surface area contributed by atoms with Crippen LogP contribution in [0.2, 0.25) is 5.02 Å². The first kappa shape index (κ1) is 15.8. The Morgan fingerprint density at radius 1 is 1.37 bits per heavy atom. The summed E-state index contributed by atoms with van der Waals surface area (Å²) in [7, 11) is 3.27. The lowest BCUT2D eigenvalue weighted by atomic mass is 10.2. The van der Waals surface area contributed by atoms with Gasteiger partial charge in [0.2, 0.25) is 0 Å². The van der Waals surface area contributed by atoms with Crippen molar-refractivity contribution in [3.05, 3.63) is 35.4 Å². The summed E-state index contributed by atoms with van der Waals surface area (Å²) in [5.74, 6) is 1.17. The van der Waals surface area contributed by atoms with Gasteiger partial charge in [0.25, 0.3) is 0 Å². The molecule has 0 fully saturated rings. The van der Waals surface area contributed by atoms with Gasteiger partial charge in [0.05, 0.1) is 18.7 Å². The second kappa shape index (κ2) is 8.80. The van der Waals surface area contributed by atoms with E-state index in [9.17, 15) is 0 Å². The van der Waals surface area contributed by atoms with Crippen molar-refractivity contribution in [2.75, 3.05) is 34.0 Å². The Hall–Kier alpha value is -1.23. The van der Waals surface area contributed by atoms with Crippen molar-refractivity contribution in [3.63, 3.8) is 0 Å². The van der Waals surface area contributed by atoms with E-state index in [1.165, 1.54) is 0 Å². The summed E-state index contributed by atoms with van der Waals surface area (Å²) >= 11 is 6.20. The lowest BCUT2D eigenvalue weighted by Crippen LogP contribution is -2.18. The number of hydrogen-bond acceptors (Lipinski definition) is 4. The minimum Gasteiger partial charge on any atom is -0.493 e. The lowest BCUT2D eigenvalue weighted by molar-refractivity contribution is 0.199. The van der Waals surface area contributed by atoms with Crippen LogP contribution in [0.3, 0.4) is 0 Å². The molecule has 0 aliphatic carbocycles. The van der Waals surface area contributed by atoms with Crippen molar-refractivity contribution < 1.29 is 14.2 Å². The molecule has 1 aromatic carbocycles. The van der Waals surface area contributed by atoms with E-state index in [-0.39, 0.29) is 0 Å². The van der Waals surface area contributed by atoms with Crippen LogP contribution in [0.15, 0.2) is 24.8 Å². The molecule has 5 heteroatoms. The van der Waals surface area contributed by atoms with Gasteiger partial charge in [0.1, 0.15) is 6.61 Å². The van der Waals surface area contributed by atoms with Crippen molar-refractivity contribution in [1.82, 2.24) is 5.32 Å². The van der Waals surface area contributed by atoms with E-state index >= 15 is 0 Å². The summed E-state index contributed by atoms with van der Waals surface area (Å²) in [6.07, 6.45) is 1.66. The molecular weight excluding hydrogens is 266 g/mol. The molecule has 19 heavy (non-hydrogen) atoms. The van der Waals surface area contributed by atoms with Crippen LogP contribution >= 0.6 is 11.6 Å². The molecule has 0 atom stereocenters. The molecule has 1 N–H and O–H groups in total. The molecule has 0 aliphatic heterocycles. The Labute approximate surface area is 119 Å². The van der Waals surface area contributed by atoms with Crippen LogP contribution in [0.5, 0.6) is 11.5 Å². The van der Waals surface area contributed by atoms with Gasteiger partial charge in [0.15, 0.2) is 11.5 Å². The van der Waals surface area contributed by atoms with Crippen molar-refractivity contribution in [2.24, 2.45) is 0 Å². The normalized spacial score (nSPS) is 10.3. The maximum Gasteiger partial charge on any atom is 0.180 e. The molecule has 0 heterocycles. The van der Waals surface area contributed by atoms with Crippen molar-refractivity contribution >= 4 is 11.6 Å². The standard InChI is InChI=1S/C14H20ClNO3/c1-4-6-19-14-12(15)8-11(9-13(14)18-3)10-16-5-7-17-2/h4,8-9,16H,1,5-7,10H2,2-3H3. The number of rotatable bonds is 9. The summed E-state index contributed by atoms with van der Waals surface area (Å²) < 4.78 is 15.8. The molecular formula is C14H20ClNO3. The van der Waals surface area contributed by atoms with Crippen molar-refractivity contribution in [2.45, 2.75) is 6.54 Å². The third-order valence-electron chi connectivity index (χ3n) is 2.45. The zero-order valence-corrected chi connectivity index (χ0v) is 12.1. The molecule has 0 bridgehead atoms. The smallest absolute Gasteiger partial charge is 0.180 e. The first-order valence-electron chi connectivity index (χ1n) is 6.02. The summed E-state index contributed by atoms with van der Waals surface area (Å²) in [5.41, 5.74) is 1.03. The maximum absolute atomic E-state index is 6.20. The number of hydrogen-bond donors (Lipinski definition) is 1. The highest BCUT2D eigenvalue weighted by Gasteiger charge is 2.11. The quantitative estimate of drug-likeness (QED) is 0.559. The molecule has 106 valence electrons. The second-order valence-electron chi connectivity index (χ2n) is 3.88. The average molecular weight is 286 g/mol. The predicted molar refractivity (Wildman–Crippen MR) is 77.3 cm³/mol. The molecule has 0 saturated carbocycles. The van der Waals surface area contributed by atoms with Crippen LogP contribution in [0.4, 0.5) is 0 Å². The van der Waals surface area contributed by atoms with Crippen LogP contribution < -0.4 is 14.8 Å². The Bertz CT molecular complexity index is 410. The number of nitrogens with one attached hydrogen (secondary N) is 1. The van der Waals surface area contributed by atoms with Gasteiger partial charge in [0, 0.05) is 20.2 Å². The van der Waals surface area contributed by atoms with Crippen LogP contribution in [-0.4, -0.2) is 34.0 Å². The SMILES string of the molecule is C=CCOc1c(Cl)cc(CNCCOC)cc1OC. The van der Waals surface area contributed by atoms with Gasteiger partial charge >= 0.3 is 0 Å². The van der Waals surface area contributed by atoms with Gasteiger partial charge < -0.3 is 19.5 Å². The lowest BCUT2D eigenvalue weighted by Gasteiger charge is -2.13. The Morgan fingerprint density at radius 3 is 2.79 bits per heavy atom. The second-order valence-corrected chi connectivity index (χ2v) is 4.29. The highest BCUT2D eigenvalue weighted by molar-refractivity contribution is 6.32. The molecule has 1 aromatic rings. The fourth-order valence-corrected chi connectivity index (χ4v) is 1.85. The number of methoxy groups -OCH3 is 2. The van der Waals surface area contributed by atoms with Crippen molar-refractivity contribution in [1.29, 1.82) is 0 Å². The highest BCUT2D eigenvalue weighted by atomic mass is 35.5. The predicted octanol–water partition coefficient (Wildman–Crippen LogP) is 2.65. The van der Waals surface area contributed by atoms with Crippen LogP contribution in [-0.2, 0) is 11.3 Å². The van der Waals surface area contributed by atoms with Gasteiger partial charge in [-0.15, -0.1) is 0 Å². The van der Waals surface area contributed by atoms with E-state index in [1.54, 1.807) is 20.3 Å². The average Bonchev–Trinajstić information content (AvgIpc) is 2.42. The fourth-order valence-electron chi connectivity index (χ4n) is 1.56. The highest BCUT2D eigenvalue weighted by Crippen LogP contribution is 2.36. The topological polar surface area (TPSA) is 39.7 Å². The zero-order valence-electron chi connectivity index (χ0n) is 11.4. The first-order chi connectivity index (χ1) is 9.22. The number of benzene rings is 1. The Morgan fingerprint density at radius 2 is 2.16 bits per heavy atom. The third kappa shape index (κ3) is 5.11. The van der Waals surface area contributed by atoms with Crippen LogP contribution in [0.25, 0.3) is 0 Å². The first-order valence-corrected chi connectivity index (χ1v) is 6.40. The summed E-state index contributed by atoms with van der Waals surface area (Å²) in [4.78, 5) is 0. The number of ether oxygens (including phenoxy) is 3. The summed E-state index contributed by atoms with van der Waals surface area (Å²) in [5, 5.41) is 3.78. The van der Waals surface area contributed by atoms with Crippen LogP contribution in [0.1, 0.15) is 5.56 Å². The van der Waals surface area contributed by atoms with Gasteiger partial charge in [-0.2, -0.15) is 0 Å². The molecule has 0 aliphatic rings. The number of halogens is 1. The molecule has 0 saturated heterocycles. The van der Waals surface area contributed by atoms with Gasteiger partial charge in [-0.05, 0) is 17.7 Å². The Kier molecular flexibility index (Phi) is 7.33.